The number of phenols is 1. The maximum atomic E-state index is 11.1. The maximum Gasteiger partial charge on any atom is 0.448 e. The van der Waals surface area contributed by atoms with Crippen LogP contribution in [-0.2, 0) is 4.57 Å². The molecule has 0 aromatic heterocycles. The predicted octanol–water partition coefficient (Wildman–Crippen LogP) is 2.02. The van der Waals surface area contributed by atoms with Gasteiger partial charge in [-0.1, -0.05) is 25.1 Å². The normalized spacial score (nSPS) is 22.7. The first-order valence-corrected chi connectivity index (χ1v) is 8.45. The molecule has 0 spiro atoms. The van der Waals surface area contributed by atoms with Gasteiger partial charge in [0.1, 0.15) is 11.5 Å². The molecule has 0 bridgehead atoms. The molecule has 5 N–H and O–H groups in total. The topological polar surface area (TPSA) is 131 Å². The number of aliphatic hydroxyl groups excluding tert-OH is 2. The van der Waals surface area contributed by atoms with Crippen molar-refractivity contribution in [1.29, 1.82) is 0 Å². The van der Waals surface area contributed by atoms with Crippen LogP contribution in [-0.4, -0.2) is 36.9 Å². The fraction of sp³-hybridized carbons (Fsp3) is 0.267. The molecular weight excluding hydrogens is 321 g/mol. The van der Waals surface area contributed by atoms with E-state index in [1.54, 1.807) is 19.1 Å². The monoisotopic (exact) mass is 339 g/mol. The lowest BCUT2D eigenvalue weighted by Crippen LogP contribution is -2.31. The molecule has 0 saturated heterocycles. The van der Waals surface area contributed by atoms with Crippen LogP contribution in [0.2, 0.25) is 0 Å². The zero-order valence-electron chi connectivity index (χ0n) is 12.3. The molecule has 23 heavy (non-hydrogen) atoms. The third kappa shape index (κ3) is 4.53. The van der Waals surface area contributed by atoms with E-state index in [1.807, 2.05) is 0 Å². The standard InChI is InChI=1S/C15H18NO6P/c1-9(10-3-2-4-11(17)7-10)15(19)13-6-5-12(18)8-14(13)16-23(20,21)22/h2-9,13,15,17-19H,1H3,(H2,20,21,22)/b16-14+. The van der Waals surface area contributed by atoms with Gasteiger partial charge in [0.15, 0.2) is 0 Å². The Morgan fingerprint density at radius 1 is 1.26 bits per heavy atom. The third-order valence-electron chi connectivity index (χ3n) is 3.63. The second-order valence-electron chi connectivity index (χ2n) is 5.37. The van der Waals surface area contributed by atoms with E-state index < -0.39 is 25.7 Å². The molecule has 0 heterocycles. The van der Waals surface area contributed by atoms with E-state index in [0.717, 1.165) is 6.08 Å². The van der Waals surface area contributed by atoms with Crippen LogP contribution in [0.5, 0.6) is 5.75 Å². The highest BCUT2D eigenvalue weighted by Crippen LogP contribution is 2.39. The average Bonchev–Trinajstić information content (AvgIpc) is 2.44. The van der Waals surface area contributed by atoms with Crippen LogP contribution < -0.4 is 0 Å². The summed E-state index contributed by atoms with van der Waals surface area (Å²) in [6, 6.07) is 6.38. The van der Waals surface area contributed by atoms with Gasteiger partial charge in [-0.3, -0.25) is 0 Å². The Morgan fingerprint density at radius 2 is 1.96 bits per heavy atom. The molecule has 0 amide bonds. The molecule has 3 unspecified atom stereocenters. The van der Waals surface area contributed by atoms with E-state index in [1.165, 1.54) is 24.3 Å². The summed E-state index contributed by atoms with van der Waals surface area (Å²) in [5.41, 5.74) is 0.568. The van der Waals surface area contributed by atoms with Gasteiger partial charge in [0, 0.05) is 17.9 Å². The number of hydrogen-bond acceptors (Lipinski definition) is 4. The smallest absolute Gasteiger partial charge is 0.448 e. The van der Waals surface area contributed by atoms with Gasteiger partial charge in [0.25, 0.3) is 0 Å². The Bertz CT molecular complexity index is 720. The molecule has 0 radical (unpaired) electrons. The fourth-order valence-corrected chi connectivity index (χ4v) is 2.94. The number of hydrogen-bond donors (Lipinski definition) is 5. The second-order valence-corrected chi connectivity index (χ2v) is 6.59. The van der Waals surface area contributed by atoms with E-state index in [4.69, 9.17) is 9.79 Å². The zero-order chi connectivity index (χ0) is 17.2. The molecule has 124 valence electrons. The van der Waals surface area contributed by atoms with Crippen LogP contribution in [0.1, 0.15) is 18.4 Å². The van der Waals surface area contributed by atoms with Gasteiger partial charge >= 0.3 is 7.75 Å². The van der Waals surface area contributed by atoms with E-state index in [9.17, 15) is 19.9 Å². The third-order valence-corrected chi connectivity index (χ3v) is 4.13. The number of aliphatic hydroxyl groups is 2. The number of aromatic hydroxyl groups is 1. The molecule has 1 aromatic carbocycles. The quantitative estimate of drug-likeness (QED) is 0.533. The molecular formula is C15H18NO6P. The van der Waals surface area contributed by atoms with Gasteiger partial charge in [-0.2, -0.15) is 4.76 Å². The number of nitrogens with zero attached hydrogens (tertiary/aromatic N) is 1. The van der Waals surface area contributed by atoms with Gasteiger partial charge in [0.2, 0.25) is 0 Å². The highest BCUT2D eigenvalue weighted by molar-refractivity contribution is 7.50. The van der Waals surface area contributed by atoms with Gasteiger partial charge in [-0.05, 0) is 23.8 Å². The zero-order valence-corrected chi connectivity index (χ0v) is 13.2. The molecule has 0 aliphatic heterocycles. The minimum Gasteiger partial charge on any atom is -0.508 e. The van der Waals surface area contributed by atoms with Crippen molar-refractivity contribution in [3.05, 3.63) is 53.8 Å². The van der Waals surface area contributed by atoms with Crippen LogP contribution in [0.3, 0.4) is 0 Å². The van der Waals surface area contributed by atoms with Crippen LogP contribution in [0.4, 0.5) is 0 Å². The van der Waals surface area contributed by atoms with E-state index >= 15 is 0 Å². The van der Waals surface area contributed by atoms with Crippen molar-refractivity contribution >= 4 is 13.5 Å². The summed E-state index contributed by atoms with van der Waals surface area (Å²) < 4.78 is 14.4. The number of rotatable bonds is 4. The SMILES string of the molecule is CC(c1cccc(O)c1)C(O)C1C=CC(O)=C/C1=N\P(=O)(O)O. The minimum atomic E-state index is -4.70. The van der Waals surface area contributed by atoms with Gasteiger partial charge in [0.05, 0.1) is 11.8 Å². The molecule has 1 aliphatic rings. The molecule has 1 aliphatic carbocycles. The lowest BCUT2D eigenvalue weighted by molar-refractivity contribution is 0.130. The van der Waals surface area contributed by atoms with Crippen molar-refractivity contribution in [1.82, 2.24) is 0 Å². The van der Waals surface area contributed by atoms with E-state index in [2.05, 4.69) is 4.76 Å². The van der Waals surface area contributed by atoms with Gasteiger partial charge in [-0.15, -0.1) is 0 Å². The lowest BCUT2D eigenvalue weighted by atomic mass is 9.82. The maximum absolute atomic E-state index is 11.1. The molecule has 0 fully saturated rings. The highest BCUT2D eigenvalue weighted by atomic mass is 31.2. The van der Waals surface area contributed by atoms with Crippen molar-refractivity contribution in [2.75, 3.05) is 0 Å². The molecule has 8 heteroatoms. The van der Waals surface area contributed by atoms with Crippen LogP contribution in [0.15, 0.2) is 53.0 Å². The van der Waals surface area contributed by atoms with E-state index in [-0.39, 0.29) is 17.2 Å². The van der Waals surface area contributed by atoms with Crippen molar-refractivity contribution in [2.45, 2.75) is 18.9 Å². The predicted molar refractivity (Wildman–Crippen MR) is 85.3 cm³/mol. The van der Waals surface area contributed by atoms with E-state index in [0.29, 0.717) is 5.56 Å². The molecule has 7 nitrogen and oxygen atoms in total. The largest absolute Gasteiger partial charge is 0.508 e. The first-order chi connectivity index (χ1) is 10.7. The molecule has 2 rings (SSSR count). The number of phenolic OH excluding ortho intramolecular Hbond substituents is 1. The Kier molecular flexibility index (Phi) is 5.06. The van der Waals surface area contributed by atoms with Crippen LogP contribution >= 0.6 is 7.75 Å². The Hall–Kier alpha value is -1.92. The molecule has 1 aromatic rings. The number of benzene rings is 1. The Morgan fingerprint density at radius 3 is 2.57 bits per heavy atom. The van der Waals surface area contributed by atoms with Crippen molar-refractivity contribution < 1.29 is 29.7 Å². The summed E-state index contributed by atoms with van der Waals surface area (Å²) in [5.74, 6) is -1.38. The Balaban J connectivity index is 2.33. The molecule has 0 saturated carbocycles. The summed E-state index contributed by atoms with van der Waals surface area (Å²) in [5, 5.41) is 29.6. The van der Waals surface area contributed by atoms with Crippen LogP contribution in [0.25, 0.3) is 0 Å². The highest BCUT2D eigenvalue weighted by Gasteiger charge is 2.31. The van der Waals surface area contributed by atoms with Crippen LogP contribution in [0, 0.1) is 5.92 Å². The van der Waals surface area contributed by atoms with Crippen molar-refractivity contribution in [2.24, 2.45) is 10.7 Å². The summed E-state index contributed by atoms with van der Waals surface area (Å²) in [6.45, 7) is 1.72. The first kappa shape index (κ1) is 17.4. The second kappa shape index (κ2) is 6.68. The summed E-state index contributed by atoms with van der Waals surface area (Å²) in [6.07, 6.45) is 2.83. The first-order valence-electron chi connectivity index (χ1n) is 6.89. The van der Waals surface area contributed by atoms with Gasteiger partial charge in [-0.25, -0.2) is 4.57 Å². The van der Waals surface area contributed by atoms with Gasteiger partial charge < -0.3 is 25.1 Å². The minimum absolute atomic E-state index is 0.0578. The summed E-state index contributed by atoms with van der Waals surface area (Å²) >= 11 is 0. The summed E-state index contributed by atoms with van der Waals surface area (Å²) in [7, 11) is -4.70. The molecule has 3 atom stereocenters. The Labute approximate surface area is 133 Å². The average molecular weight is 339 g/mol. The summed E-state index contributed by atoms with van der Waals surface area (Å²) in [4.78, 5) is 18.0. The van der Waals surface area contributed by atoms with Crippen molar-refractivity contribution in [3.8, 4) is 5.75 Å². The lowest BCUT2D eigenvalue weighted by Gasteiger charge is -2.27. The number of allylic oxidation sites excluding steroid dienone is 2. The fourth-order valence-electron chi connectivity index (χ4n) is 2.45. The van der Waals surface area contributed by atoms with Crippen molar-refractivity contribution in [3.63, 3.8) is 0 Å².